The van der Waals surface area contributed by atoms with Crippen LogP contribution in [0.3, 0.4) is 0 Å². The van der Waals surface area contributed by atoms with Crippen molar-refractivity contribution in [1.82, 2.24) is 19.8 Å². The number of carbonyl (C=O) groups excluding carboxylic acids is 1. The summed E-state index contributed by atoms with van der Waals surface area (Å²) in [6.07, 6.45) is 0.734. The number of nitrogens with one attached hydrogen (secondary N) is 1. The minimum Gasteiger partial charge on any atom is -0.444 e. The third-order valence-electron chi connectivity index (χ3n) is 5.68. The summed E-state index contributed by atoms with van der Waals surface area (Å²) in [6.45, 7) is 10.5. The molecule has 180 valence electrons. The van der Waals surface area contributed by atoms with Crippen LogP contribution in [0.1, 0.15) is 27.2 Å². The highest BCUT2D eigenvalue weighted by molar-refractivity contribution is 6.30. The summed E-state index contributed by atoms with van der Waals surface area (Å²) in [4.78, 5) is 25.9. The third-order valence-corrected chi connectivity index (χ3v) is 5.93. The molecule has 0 spiro atoms. The highest BCUT2D eigenvalue weighted by atomic mass is 35.5. The molecule has 1 N–H and O–H groups in total. The van der Waals surface area contributed by atoms with Crippen LogP contribution in [0.4, 0.5) is 10.7 Å². The van der Waals surface area contributed by atoms with Gasteiger partial charge in [0.05, 0.1) is 11.2 Å². The molecule has 2 aromatic carbocycles. The molecule has 0 atom stereocenters. The Morgan fingerprint density at radius 2 is 1.74 bits per heavy atom. The van der Waals surface area contributed by atoms with E-state index in [9.17, 15) is 4.79 Å². The van der Waals surface area contributed by atoms with Crippen molar-refractivity contribution >= 4 is 34.5 Å². The van der Waals surface area contributed by atoms with Crippen LogP contribution < -0.4 is 5.32 Å². The van der Waals surface area contributed by atoms with Crippen molar-refractivity contribution in [2.45, 2.75) is 32.8 Å². The zero-order valence-corrected chi connectivity index (χ0v) is 20.8. The molecule has 0 bridgehead atoms. The number of aromatic nitrogens is 2. The van der Waals surface area contributed by atoms with Crippen LogP contribution in [0.5, 0.6) is 0 Å². The SMILES string of the molecule is CC(C)(C)OC(=O)N1CCN(CCCNc2nc(-c3ccc(Cl)cc3)c3ccccc3n2)CC1. The lowest BCUT2D eigenvalue weighted by Gasteiger charge is -2.35. The zero-order valence-electron chi connectivity index (χ0n) is 20.1. The van der Waals surface area contributed by atoms with Gasteiger partial charge in [0.15, 0.2) is 0 Å². The molecule has 8 heteroatoms. The van der Waals surface area contributed by atoms with Gasteiger partial charge in [0.2, 0.25) is 5.95 Å². The number of ether oxygens (including phenoxy) is 1. The number of amides is 1. The second-order valence-electron chi connectivity index (χ2n) is 9.51. The van der Waals surface area contributed by atoms with E-state index >= 15 is 0 Å². The van der Waals surface area contributed by atoms with Gasteiger partial charge >= 0.3 is 6.09 Å². The topological polar surface area (TPSA) is 70.6 Å². The normalized spacial score (nSPS) is 14.9. The van der Waals surface area contributed by atoms with Gasteiger partial charge in [0.25, 0.3) is 0 Å². The summed E-state index contributed by atoms with van der Waals surface area (Å²) in [7, 11) is 0. The number of rotatable bonds is 6. The van der Waals surface area contributed by atoms with Crippen molar-refractivity contribution in [2.75, 3.05) is 44.6 Å². The maximum absolute atomic E-state index is 12.2. The largest absolute Gasteiger partial charge is 0.444 e. The smallest absolute Gasteiger partial charge is 0.410 e. The first kappa shape index (κ1) is 24.2. The van der Waals surface area contributed by atoms with Crippen LogP contribution in [-0.4, -0.2) is 70.7 Å². The quantitative estimate of drug-likeness (QED) is 0.481. The molecule has 0 unspecified atom stereocenters. The molecule has 1 saturated heterocycles. The van der Waals surface area contributed by atoms with Gasteiger partial charge in [-0.3, -0.25) is 4.90 Å². The van der Waals surface area contributed by atoms with Crippen LogP contribution >= 0.6 is 11.6 Å². The molecule has 0 aliphatic carbocycles. The van der Waals surface area contributed by atoms with Gasteiger partial charge in [-0.1, -0.05) is 41.9 Å². The average Bonchev–Trinajstić information content (AvgIpc) is 2.81. The second kappa shape index (κ2) is 10.6. The number of carbonyl (C=O) groups is 1. The Kier molecular flexibility index (Phi) is 7.54. The molecule has 1 fully saturated rings. The summed E-state index contributed by atoms with van der Waals surface area (Å²) in [5, 5.41) is 5.10. The number of hydrogen-bond donors (Lipinski definition) is 1. The van der Waals surface area contributed by atoms with Gasteiger partial charge in [-0.15, -0.1) is 0 Å². The monoisotopic (exact) mass is 481 g/mol. The molecule has 1 aliphatic heterocycles. The fourth-order valence-electron chi connectivity index (χ4n) is 3.97. The first-order valence-electron chi connectivity index (χ1n) is 11.8. The molecule has 2 heterocycles. The van der Waals surface area contributed by atoms with Crippen LogP contribution in [0.25, 0.3) is 22.2 Å². The number of fused-ring (bicyclic) bond motifs is 1. The van der Waals surface area contributed by atoms with Crippen molar-refractivity contribution in [3.05, 3.63) is 53.6 Å². The van der Waals surface area contributed by atoms with E-state index in [1.807, 2.05) is 69.3 Å². The fourth-order valence-corrected chi connectivity index (χ4v) is 4.09. The van der Waals surface area contributed by atoms with Crippen molar-refractivity contribution in [3.8, 4) is 11.3 Å². The second-order valence-corrected chi connectivity index (χ2v) is 9.95. The third kappa shape index (κ3) is 6.36. The molecule has 3 aromatic rings. The highest BCUT2D eigenvalue weighted by Crippen LogP contribution is 2.28. The number of nitrogens with zero attached hydrogens (tertiary/aromatic N) is 4. The van der Waals surface area contributed by atoms with Gasteiger partial charge in [-0.2, -0.15) is 0 Å². The Hall–Kier alpha value is -2.90. The summed E-state index contributed by atoms with van der Waals surface area (Å²) in [6, 6.07) is 15.8. The van der Waals surface area contributed by atoms with E-state index in [0.717, 1.165) is 54.8 Å². The molecule has 4 rings (SSSR count). The van der Waals surface area contributed by atoms with Gasteiger partial charge in [-0.05, 0) is 51.9 Å². The molecule has 0 saturated carbocycles. The van der Waals surface area contributed by atoms with E-state index in [1.54, 1.807) is 4.90 Å². The molecule has 34 heavy (non-hydrogen) atoms. The van der Waals surface area contributed by atoms with Crippen molar-refractivity contribution in [1.29, 1.82) is 0 Å². The van der Waals surface area contributed by atoms with Gasteiger partial charge in [0.1, 0.15) is 5.60 Å². The number of halogens is 1. The number of hydrogen-bond acceptors (Lipinski definition) is 6. The Morgan fingerprint density at radius 1 is 1.03 bits per heavy atom. The molecule has 1 aromatic heterocycles. The van der Waals surface area contributed by atoms with E-state index < -0.39 is 5.60 Å². The van der Waals surface area contributed by atoms with Crippen molar-refractivity contribution in [3.63, 3.8) is 0 Å². The summed E-state index contributed by atoms with van der Waals surface area (Å²) >= 11 is 6.07. The lowest BCUT2D eigenvalue weighted by molar-refractivity contribution is 0.0145. The predicted molar refractivity (Wildman–Crippen MR) is 137 cm³/mol. The van der Waals surface area contributed by atoms with E-state index in [1.165, 1.54) is 0 Å². The standard InChI is InChI=1S/C26H32ClN5O2/c1-26(2,3)34-25(33)32-17-15-31(16-18-32)14-6-13-28-24-29-22-8-5-4-7-21(22)23(30-24)19-9-11-20(27)12-10-19/h4-5,7-12H,6,13-18H2,1-3H3,(H,28,29,30). The summed E-state index contributed by atoms with van der Waals surface area (Å²) < 4.78 is 5.48. The van der Waals surface area contributed by atoms with Crippen molar-refractivity contribution < 1.29 is 9.53 Å². The fraction of sp³-hybridized carbons (Fsp3) is 0.423. The predicted octanol–water partition coefficient (Wildman–Crippen LogP) is 5.30. The van der Waals surface area contributed by atoms with Crippen LogP contribution in [-0.2, 0) is 4.74 Å². The molecular weight excluding hydrogens is 450 g/mol. The summed E-state index contributed by atoms with van der Waals surface area (Å²) in [5.74, 6) is 0.624. The van der Waals surface area contributed by atoms with E-state index in [2.05, 4.69) is 10.2 Å². The van der Waals surface area contributed by atoms with Gasteiger partial charge < -0.3 is 15.0 Å². The number of anilines is 1. The minimum atomic E-state index is -0.460. The number of benzene rings is 2. The zero-order chi connectivity index (χ0) is 24.1. The molecule has 1 aliphatic rings. The number of piperazine rings is 1. The lowest BCUT2D eigenvalue weighted by Crippen LogP contribution is -2.50. The first-order valence-corrected chi connectivity index (χ1v) is 12.1. The average molecular weight is 482 g/mol. The Balaban J connectivity index is 1.31. The van der Waals surface area contributed by atoms with Crippen LogP contribution in [0.2, 0.25) is 5.02 Å². The van der Waals surface area contributed by atoms with Gasteiger partial charge in [-0.25, -0.2) is 14.8 Å². The van der Waals surface area contributed by atoms with Crippen molar-refractivity contribution in [2.24, 2.45) is 0 Å². The Morgan fingerprint density at radius 3 is 2.44 bits per heavy atom. The Bertz CT molecular complexity index is 1120. The Labute approximate surface area is 206 Å². The lowest BCUT2D eigenvalue weighted by atomic mass is 10.1. The van der Waals surface area contributed by atoms with E-state index in [0.29, 0.717) is 24.1 Å². The van der Waals surface area contributed by atoms with Crippen LogP contribution in [0.15, 0.2) is 48.5 Å². The number of para-hydroxylation sites is 1. The first-order chi connectivity index (χ1) is 16.3. The highest BCUT2D eigenvalue weighted by Gasteiger charge is 2.25. The summed E-state index contributed by atoms with van der Waals surface area (Å²) in [5.41, 5.74) is 2.35. The molecular formula is C26H32ClN5O2. The molecule has 0 radical (unpaired) electrons. The molecule has 7 nitrogen and oxygen atoms in total. The van der Waals surface area contributed by atoms with E-state index in [-0.39, 0.29) is 6.09 Å². The maximum atomic E-state index is 12.2. The molecule has 1 amide bonds. The minimum absolute atomic E-state index is 0.223. The maximum Gasteiger partial charge on any atom is 0.410 e. The van der Waals surface area contributed by atoms with Crippen LogP contribution in [0, 0.1) is 0 Å². The van der Waals surface area contributed by atoms with Gasteiger partial charge in [0, 0.05) is 48.7 Å². The van der Waals surface area contributed by atoms with E-state index in [4.69, 9.17) is 26.3 Å².